The van der Waals surface area contributed by atoms with E-state index in [-0.39, 0.29) is 12.6 Å². The van der Waals surface area contributed by atoms with Crippen LogP contribution < -0.4 is 5.32 Å². The predicted octanol–water partition coefficient (Wildman–Crippen LogP) is -0.282. The summed E-state index contributed by atoms with van der Waals surface area (Å²) in [6.45, 7) is -0.0300. The lowest BCUT2D eigenvalue weighted by Gasteiger charge is -1.95. The Morgan fingerprint density at radius 2 is 2.64 bits per heavy atom. The molecule has 0 spiro atoms. The van der Waals surface area contributed by atoms with Gasteiger partial charge < -0.3 is 10.2 Å². The summed E-state index contributed by atoms with van der Waals surface area (Å²) in [4.78, 5) is 14.0. The molecule has 62 valence electrons. The number of thioether (sulfide) groups is 1. The van der Waals surface area contributed by atoms with Gasteiger partial charge in [-0.15, -0.1) is 0 Å². The summed E-state index contributed by atoms with van der Waals surface area (Å²) in [6, 6.07) is -0.151. The molecular weight excluding hydrogens is 168 g/mol. The van der Waals surface area contributed by atoms with E-state index < -0.39 is 6.09 Å². The van der Waals surface area contributed by atoms with E-state index in [2.05, 4.69) is 10.3 Å². The molecule has 0 unspecified atom stereocenters. The monoisotopic (exact) mass is 176 g/mol. The van der Waals surface area contributed by atoms with Crippen LogP contribution in [0.5, 0.6) is 0 Å². The van der Waals surface area contributed by atoms with Crippen molar-refractivity contribution in [2.45, 2.75) is 6.04 Å². The van der Waals surface area contributed by atoms with Gasteiger partial charge in [0, 0.05) is 5.75 Å². The molecule has 0 fully saturated rings. The number of rotatable bonds is 1. The molecule has 1 rings (SSSR count). The molecule has 0 aromatic heterocycles. The first kappa shape index (κ1) is 8.35. The van der Waals surface area contributed by atoms with Crippen molar-refractivity contribution in [3.8, 4) is 0 Å². The summed E-state index contributed by atoms with van der Waals surface area (Å²) in [5.41, 5.74) is 0. The number of hydrogen-bond acceptors (Lipinski definition) is 4. The lowest BCUT2D eigenvalue weighted by atomic mass is 10.4. The van der Waals surface area contributed by atoms with Gasteiger partial charge in [0.05, 0.1) is 12.6 Å². The molecule has 1 aliphatic rings. The molecule has 5 nitrogen and oxygen atoms in total. The number of nitrogens with zero attached hydrogens (tertiary/aromatic N) is 1. The summed E-state index contributed by atoms with van der Waals surface area (Å²) in [7, 11) is 0. The third-order valence-corrected chi connectivity index (χ3v) is 2.17. The highest BCUT2D eigenvalue weighted by Gasteiger charge is 2.18. The zero-order valence-corrected chi connectivity index (χ0v) is 6.47. The SMILES string of the molecule is O=C(O)NC1=N[C@@H](CO)CS1. The van der Waals surface area contributed by atoms with Gasteiger partial charge in [0.2, 0.25) is 0 Å². The summed E-state index contributed by atoms with van der Waals surface area (Å²) >= 11 is 1.30. The number of amides is 1. The van der Waals surface area contributed by atoms with Gasteiger partial charge in [0.1, 0.15) is 0 Å². The second-order valence-corrected chi connectivity index (χ2v) is 3.02. The Bertz CT molecular complexity index is 194. The Kier molecular flexibility index (Phi) is 2.72. The van der Waals surface area contributed by atoms with Crippen molar-refractivity contribution in [3.05, 3.63) is 0 Å². The van der Waals surface area contributed by atoms with Gasteiger partial charge in [-0.3, -0.25) is 10.3 Å². The number of carboxylic acid groups (broad SMARTS) is 1. The van der Waals surface area contributed by atoms with Gasteiger partial charge in [-0.1, -0.05) is 11.8 Å². The van der Waals surface area contributed by atoms with E-state index in [4.69, 9.17) is 10.2 Å². The van der Waals surface area contributed by atoms with Gasteiger partial charge in [0.15, 0.2) is 5.17 Å². The minimum absolute atomic E-state index is 0.0300. The Balaban J connectivity index is 2.42. The maximum atomic E-state index is 10.1. The van der Waals surface area contributed by atoms with E-state index in [9.17, 15) is 4.79 Å². The molecule has 1 amide bonds. The first-order valence-electron chi connectivity index (χ1n) is 3.04. The fourth-order valence-electron chi connectivity index (χ4n) is 0.669. The second-order valence-electron chi connectivity index (χ2n) is 2.01. The highest BCUT2D eigenvalue weighted by Crippen LogP contribution is 2.15. The molecule has 0 aromatic carbocycles. The van der Waals surface area contributed by atoms with Crippen LogP contribution in [-0.4, -0.2) is 39.9 Å². The van der Waals surface area contributed by atoms with Crippen LogP contribution in [0.25, 0.3) is 0 Å². The van der Waals surface area contributed by atoms with Crippen molar-refractivity contribution >= 4 is 23.0 Å². The maximum Gasteiger partial charge on any atom is 0.410 e. The minimum Gasteiger partial charge on any atom is -0.465 e. The van der Waals surface area contributed by atoms with Crippen molar-refractivity contribution in [1.82, 2.24) is 5.32 Å². The van der Waals surface area contributed by atoms with E-state index >= 15 is 0 Å². The number of carbonyl (C=O) groups is 1. The van der Waals surface area contributed by atoms with Crippen molar-refractivity contribution < 1.29 is 15.0 Å². The summed E-state index contributed by atoms with van der Waals surface area (Å²) in [5.74, 6) is 0.645. The highest BCUT2D eigenvalue weighted by molar-refractivity contribution is 8.14. The van der Waals surface area contributed by atoms with Crippen molar-refractivity contribution in [1.29, 1.82) is 0 Å². The van der Waals surface area contributed by atoms with E-state index in [1.807, 2.05) is 0 Å². The Hall–Kier alpha value is -0.750. The van der Waals surface area contributed by atoms with E-state index in [0.29, 0.717) is 10.9 Å². The van der Waals surface area contributed by atoms with Gasteiger partial charge in [-0.2, -0.15) is 0 Å². The molecular formula is C5H8N2O3S. The quantitative estimate of drug-likeness (QED) is 0.513. The summed E-state index contributed by atoms with van der Waals surface area (Å²) in [5, 5.41) is 19.4. The molecule has 0 radical (unpaired) electrons. The number of hydrogen-bond donors (Lipinski definition) is 3. The molecule has 0 saturated carbocycles. The van der Waals surface area contributed by atoms with Gasteiger partial charge in [0.25, 0.3) is 0 Å². The van der Waals surface area contributed by atoms with Gasteiger partial charge in [-0.05, 0) is 0 Å². The zero-order valence-electron chi connectivity index (χ0n) is 5.65. The second kappa shape index (κ2) is 3.59. The van der Waals surface area contributed by atoms with Gasteiger partial charge in [-0.25, -0.2) is 4.79 Å². The lowest BCUT2D eigenvalue weighted by molar-refractivity contribution is 0.200. The number of aliphatic imine (C=N–C) groups is 1. The van der Waals surface area contributed by atoms with Crippen LogP contribution in [-0.2, 0) is 0 Å². The normalized spacial score (nSPS) is 23.0. The third kappa shape index (κ3) is 2.39. The van der Waals surface area contributed by atoms with E-state index in [0.717, 1.165) is 0 Å². The van der Waals surface area contributed by atoms with Gasteiger partial charge >= 0.3 is 6.09 Å². The van der Waals surface area contributed by atoms with Crippen LogP contribution in [0.3, 0.4) is 0 Å². The molecule has 1 atom stereocenters. The average Bonchev–Trinajstić information content (AvgIpc) is 2.34. The van der Waals surface area contributed by atoms with E-state index in [1.165, 1.54) is 11.8 Å². The first-order chi connectivity index (χ1) is 5.22. The molecule has 0 aliphatic carbocycles. The molecule has 0 bridgehead atoms. The van der Waals surface area contributed by atoms with Crippen LogP contribution >= 0.6 is 11.8 Å². The molecule has 0 saturated heterocycles. The van der Waals surface area contributed by atoms with Crippen LogP contribution in [0.2, 0.25) is 0 Å². The number of aliphatic hydroxyl groups is 1. The average molecular weight is 176 g/mol. The number of aliphatic hydroxyl groups excluding tert-OH is 1. The smallest absolute Gasteiger partial charge is 0.410 e. The summed E-state index contributed by atoms with van der Waals surface area (Å²) in [6.07, 6.45) is -1.12. The number of amidine groups is 1. The molecule has 1 aliphatic heterocycles. The maximum absolute atomic E-state index is 10.1. The first-order valence-corrected chi connectivity index (χ1v) is 4.02. The minimum atomic E-state index is -1.12. The van der Waals surface area contributed by atoms with Crippen LogP contribution in [0.1, 0.15) is 0 Å². The van der Waals surface area contributed by atoms with Crippen molar-refractivity contribution in [2.24, 2.45) is 4.99 Å². The zero-order chi connectivity index (χ0) is 8.27. The highest BCUT2D eigenvalue weighted by atomic mass is 32.2. The summed E-state index contributed by atoms with van der Waals surface area (Å²) < 4.78 is 0. The van der Waals surface area contributed by atoms with E-state index in [1.54, 1.807) is 0 Å². The molecule has 1 heterocycles. The standard InChI is InChI=1S/C5H8N2O3S/c8-1-3-2-11-4(6-3)7-5(9)10/h3,8H,1-2H2,(H,6,7)(H,9,10)/t3-/m0/s1. The number of nitrogens with one attached hydrogen (secondary N) is 1. The largest absolute Gasteiger partial charge is 0.465 e. The van der Waals surface area contributed by atoms with Crippen LogP contribution in [0, 0.1) is 0 Å². The molecule has 0 aromatic rings. The van der Waals surface area contributed by atoms with Crippen molar-refractivity contribution in [3.63, 3.8) is 0 Å². The molecule has 6 heteroatoms. The topological polar surface area (TPSA) is 81.9 Å². The van der Waals surface area contributed by atoms with Crippen molar-refractivity contribution in [2.75, 3.05) is 12.4 Å². The molecule has 3 N–H and O–H groups in total. The fraction of sp³-hybridized carbons (Fsp3) is 0.600. The fourth-order valence-corrected chi connectivity index (χ4v) is 1.58. The lowest BCUT2D eigenvalue weighted by Crippen LogP contribution is -2.25. The third-order valence-electron chi connectivity index (χ3n) is 1.14. The Morgan fingerprint density at radius 3 is 3.09 bits per heavy atom. The molecule has 11 heavy (non-hydrogen) atoms. The van der Waals surface area contributed by atoms with Crippen LogP contribution in [0.4, 0.5) is 4.79 Å². The van der Waals surface area contributed by atoms with Crippen LogP contribution in [0.15, 0.2) is 4.99 Å². The Morgan fingerprint density at radius 1 is 1.91 bits per heavy atom. The Labute approximate surface area is 67.5 Å². The predicted molar refractivity (Wildman–Crippen MR) is 41.9 cm³/mol.